The molecule has 1 aromatic rings. The lowest BCUT2D eigenvalue weighted by Crippen LogP contribution is -2.54. The van der Waals surface area contributed by atoms with Gasteiger partial charge in [0, 0.05) is 25.6 Å². The van der Waals surface area contributed by atoms with Crippen molar-refractivity contribution in [1.82, 2.24) is 20.2 Å². The van der Waals surface area contributed by atoms with E-state index in [4.69, 9.17) is 0 Å². The molecule has 0 saturated heterocycles. The first kappa shape index (κ1) is 19.5. The predicted octanol–water partition coefficient (Wildman–Crippen LogP) is 2.51. The topological polar surface area (TPSA) is 76.0 Å². The third-order valence-corrected chi connectivity index (χ3v) is 4.92. The molecule has 0 aromatic carbocycles. The van der Waals surface area contributed by atoms with Crippen molar-refractivity contribution in [3.8, 4) is 0 Å². The van der Waals surface area contributed by atoms with Crippen molar-refractivity contribution in [3.63, 3.8) is 0 Å². The Balaban J connectivity index is 1.74. The summed E-state index contributed by atoms with van der Waals surface area (Å²) in [7, 11) is 1.80. The van der Waals surface area contributed by atoms with Gasteiger partial charge in [0.25, 0.3) is 5.91 Å². The van der Waals surface area contributed by atoms with Crippen LogP contribution in [0.15, 0.2) is 12.5 Å². The second-order valence-corrected chi connectivity index (χ2v) is 9.16. The van der Waals surface area contributed by atoms with E-state index in [9.17, 15) is 9.59 Å². The average molecular weight is 348 g/mol. The standard InChI is InChI=1S/C19H32N4O2/c1-13(7-18(2,3)4)16(24)22-14-8-19(5,9-14)11-21-17(25)15-10-20-12-23(15)6/h10,12-14H,7-9,11H2,1-6H3,(H,21,25)(H,22,24). The van der Waals surface area contributed by atoms with E-state index in [1.807, 2.05) is 6.92 Å². The third-order valence-electron chi connectivity index (χ3n) is 4.92. The van der Waals surface area contributed by atoms with Crippen LogP contribution in [-0.2, 0) is 11.8 Å². The van der Waals surface area contributed by atoms with Crippen LogP contribution in [0.25, 0.3) is 0 Å². The lowest BCUT2D eigenvalue weighted by atomic mass is 9.66. The van der Waals surface area contributed by atoms with Crippen LogP contribution in [0.4, 0.5) is 0 Å². The van der Waals surface area contributed by atoms with E-state index >= 15 is 0 Å². The van der Waals surface area contributed by atoms with Crippen LogP contribution in [0, 0.1) is 16.7 Å². The fourth-order valence-corrected chi connectivity index (χ4v) is 3.69. The van der Waals surface area contributed by atoms with Gasteiger partial charge in [-0.1, -0.05) is 34.6 Å². The first-order valence-electron chi connectivity index (χ1n) is 9.04. The van der Waals surface area contributed by atoms with Crippen LogP contribution in [0.3, 0.4) is 0 Å². The second-order valence-electron chi connectivity index (χ2n) is 9.16. The number of aromatic nitrogens is 2. The van der Waals surface area contributed by atoms with Crippen molar-refractivity contribution in [2.75, 3.05) is 6.54 Å². The molecule has 6 heteroatoms. The van der Waals surface area contributed by atoms with E-state index in [2.05, 4.69) is 43.3 Å². The van der Waals surface area contributed by atoms with Crippen molar-refractivity contribution >= 4 is 11.8 Å². The Labute approximate surface area is 150 Å². The summed E-state index contributed by atoms with van der Waals surface area (Å²) >= 11 is 0. The molecule has 1 aliphatic rings. The van der Waals surface area contributed by atoms with E-state index in [0.717, 1.165) is 19.3 Å². The molecule has 0 radical (unpaired) electrons. The first-order valence-corrected chi connectivity index (χ1v) is 9.04. The normalized spacial score (nSPS) is 24.3. The monoisotopic (exact) mass is 348 g/mol. The maximum absolute atomic E-state index is 12.3. The smallest absolute Gasteiger partial charge is 0.269 e. The fourth-order valence-electron chi connectivity index (χ4n) is 3.69. The number of carbonyl (C=O) groups is 2. The van der Waals surface area contributed by atoms with Gasteiger partial charge < -0.3 is 15.2 Å². The number of nitrogens with one attached hydrogen (secondary N) is 2. The quantitative estimate of drug-likeness (QED) is 0.829. The van der Waals surface area contributed by atoms with Crippen LogP contribution >= 0.6 is 0 Å². The summed E-state index contributed by atoms with van der Waals surface area (Å²) in [4.78, 5) is 28.4. The number of rotatable bonds is 6. The molecule has 0 aliphatic heterocycles. The van der Waals surface area contributed by atoms with Crippen LogP contribution in [0.1, 0.15) is 64.4 Å². The van der Waals surface area contributed by atoms with Gasteiger partial charge in [-0.3, -0.25) is 9.59 Å². The van der Waals surface area contributed by atoms with Crippen molar-refractivity contribution in [2.45, 2.75) is 59.9 Å². The summed E-state index contributed by atoms with van der Waals surface area (Å²) in [5, 5.41) is 6.14. The van der Waals surface area contributed by atoms with Gasteiger partial charge in [0.05, 0.1) is 12.5 Å². The molecule has 1 atom stereocenters. The zero-order valence-corrected chi connectivity index (χ0v) is 16.3. The molecule has 1 unspecified atom stereocenters. The van der Waals surface area contributed by atoms with Crippen LogP contribution in [0.2, 0.25) is 0 Å². The minimum absolute atomic E-state index is 0.0244. The zero-order valence-electron chi connectivity index (χ0n) is 16.3. The molecule has 0 spiro atoms. The SMILES string of the molecule is CC(CC(C)(C)C)C(=O)NC1CC(C)(CNC(=O)c2cncn2C)C1. The summed E-state index contributed by atoms with van der Waals surface area (Å²) < 4.78 is 1.71. The molecule has 6 nitrogen and oxygen atoms in total. The molecule has 1 aliphatic carbocycles. The molecular formula is C19H32N4O2. The molecule has 25 heavy (non-hydrogen) atoms. The highest BCUT2D eigenvalue weighted by Crippen LogP contribution is 2.40. The van der Waals surface area contributed by atoms with E-state index in [1.54, 1.807) is 24.1 Å². The predicted molar refractivity (Wildman–Crippen MR) is 98.0 cm³/mol. The number of imidazole rings is 1. The molecule has 2 rings (SSSR count). The minimum atomic E-state index is -0.104. The van der Waals surface area contributed by atoms with Gasteiger partial charge in [-0.05, 0) is 30.1 Å². The molecule has 1 fully saturated rings. The molecule has 1 aromatic heterocycles. The van der Waals surface area contributed by atoms with Gasteiger partial charge in [-0.2, -0.15) is 0 Å². The maximum Gasteiger partial charge on any atom is 0.269 e. The van der Waals surface area contributed by atoms with Gasteiger partial charge in [0.1, 0.15) is 5.69 Å². The van der Waals surface area contributed by atoms with Crippen molar-refractivity contribution < 1.29 is 9.59 Å². The van der Waals surface area contributed by atoms with E-state index < -0.39 is 0 Å². The Morgan fingerprint density at radius 1 is 1.40 bits per heavy atom. The number of carbonyl (C=O) groups excluding carboxylic acids is 2. The van der Waals surface area contributed by atoms with Crippen LogP contribution in [-0.4, -0.2) is 34.0 Å². The highest BCUT2D eigenvalue weighted by molar-refractivity contribution is 5.92. The molecule has 2 N–H and O–H groups in total. The lowest BCUT2D eigenvalue weighted by molar-refractivity contribution is -0.127. The molecule has 1 heterocycles. The van der Waals surface area contributed by atoms with Crippen LogP contribution < -0.4 is 10.6 Å². The molecule has 140 valence electrons. The van der Waals surface area contributed by atoms with Crippen molar-refractivity contribution in [3.05, 3.63) is 18.2 Å². The summed E-state index contributed by atoms with van der Waals surface area (Å²) in [5.74, 6) is 0.0600. The van der Waals surface area contributed by atoms with Gasteiger partial charge >= 0.3 is 0 Å². The number of hydrogen-bond donors (Lipinski definition) is 2. The van der Waals surface area contributed by atoms with Crippen molar-refractivity contribution in [1.29, 1.82) is 0 Å². The van der Waals surface area contributed by atoms with Gasteiger partial charge in [-0.25, -0.2) is 4.98 Å². The lowest BCUT2D eigenvalue weighted by Gasteiger charge is -2.46. The Morgan fingerprint density at radius 2 is 2.04 bits per heavy atom. The van der Waals surface area contributed by atoms with E-state index in [1.165, 1.54) is 0 Å². The molecule has 2 amide bonds. The Morgan fingerprint density at radius 3 is 2.56 bits per heavy atom. The molecular weight excluding hydrogens is 316 g/mol. The van der Waals surface area contributed by atoms with E-state index in [-0.39, 0.29) is 34.6 Å². The Kier molecular flexibility index (Phi) is 5.59. The summed E-state index contributed by atoms with van der Waals surface area (Å²) in [6.45, 7) is 11.2. The summed E-state index contributed by atoms with van der Waals surface area (Å²) in [6.07, 6.45) is 5.85. The number of amides is 2. The largest absolute Gasteiger partial charge is 0.353 e. The fraction of sp³-hybridized carbons (Fsp3) is 0.737. The first-order chi connectivity index (χ1) is 11.5. The molecule has 0 bridgehead atoms. The van der Waals surface area contributed by atoms with E-state index in [0.29, 0.717) is 12.2 Å². The highest BCUT2D eigenvalue weighted by Gasteiger charge is 2.41. The number of hydrogen-bond acceptors (Lipinski definition) is 3. The number of aryl methyl sites for hydroxylation is 1. The maximum atomic E-state index is 12.3. The molecule has 1 saturated carbocycles. The number of nitrogens with zero attached hydrogens (tertiary/aromatic N) is 2. The second kappa shape index (κ2) is 7.18. The Bertz CT molecular complexity index is 624. The Hall–Kier alpha value is -1.85. The van der Waals surface area contributed by atoms with Gasteiger partial charge in [-0.15, -0.1) is 0 Å². The highest BCUT2D eigenvalue weighted by atomic mass is 16.2. The zero-order chi connectivity index (χ0) is 18.8. The minimum Gasteiger partial charge on any atom is -0.353 e. The summed E-state index contributed by atoms with van der Waals surface area (Å²) in [5.41, 5.74) is 0.754. The van der Waals surface area contributed by atoms with Crippen LogP contribution in [0.5, 0.6) is 0 Å². The van der Waals surface area contributed by atoms with Gasteiger partial charge in [0.15, 0.2) is 0 Å². The third kappa shape index (κ3) is 5.31. The average Bonchev–Trinajstić information content (AvgIpc) is 2.87. The summed E-state index contributed by atoms with van der Waals surface area (Å²) in [6, 6.07) is 0.216. The van der Waals surface area contributed by atoms with Gasteiger partial charge in [0.2, 0.25) is 5.91 Å². The van der Waals surface area contributed by atoms with Crippen molar-refractivity contribution in [2.24, 2.45) is 23.8 Å².